The maximum Gasteiger partial charge on any atom is 0.142 e. The van der Waals surface area contributed by atoms with Crippen molar-refractivity contribution in [1.82, 2.24) is 15.0 Å². The summed E-state index contributed by atoms with van der Waals surface area (Å²) in [5, 5.41) is 8.69. The molecule has 0 saturated heterocycles. The zero-order valence-corrected chi connectivity index (χ0v) is 7.75. The van der Waals surface area contributed by atoms with E-state index in [1.54, 1.807) is 24.4 Å². The second kappa shape index (κ2) is 3.72. The van der Waals surface area contributed by atoms with Crippen LogP contribution in [-0.2, 0) is 0 Å². The first-order valence-corrected chi connectivity index (χ1v) is 4.24. The Kier molecular flexibility index (Phi) is 2.25. The number of aromatic nitrogens is 3. The van der Waals surface area contributed by atoms with Gasteiger partial charge in [0.25, 0.3) is 0 Å². The number of nitrogen functional groups attached to an aromatic ring is 1. The molecule has 0 spiro atoms. The lowest BCUT2D eigenvalue weighted by atomic mass is 10.2. The molecule has 2 rings (SSSR count). The average molecular weight is 197 g/mol. The van der Waals surface area contributed by atoms with Crippen LogP contribution in [0.5, 0.6) is 0 Å². The third-order valence-electron chi connectivity index (χ3n) is 1.78. The van der Waals surface area contributed by atoms with Crippen LogP contribution in [0.3, 0.4) is 0 Å². The Bertz CT molecular complexity index is 529. The van der Waals surface area contributed by atoms with E-state index >= 15 is 0 Å². The number of nitriles is 1. The summed E-state index contributed by atoms with van der Waals surface area (Å²) in [6.07, 6.45) is 3.01. The Morgan fingerprint density at radius 1 is 1.13 bits per heavy atom. The molecular weight excluding hydrogens is 190 g/mol. The van der Waals surface area contributed by atoms with Crippen molar-refractivity contribution in [2.45, 2.75) is 0 Å². The molecule has 0 bridgehead atoms. The van der Waals surface area contributed by atoms with Crippen molar-refractivity contribution in [3.05, 3.63) is 36.3 Å². The molecule has 0 atom stereocenters. The highest BCUT2D eigenvalue weighted by atomic mass is 14.9. The average Bonchev–Trinajstić information content (AvgIpc) is 2.29. The second-order valence-electron chi connectivity index (χ2n) is 2.85. The highest BCUT2D eigenvalue weighted by Crippen LogP contribution is 2.13. The monoisotopic (exact) mass is 197 g/mol. The van der Waals surface area contributed by atoms with Crippen LogP contribution in [0.4, 0.5) is 5.82 Å². The molecule has 72 valence electrons. The van der Waals surface area contributed by atoms with Gasteiger partial charge < -0.3 is 5.73 Å². The standard InChI is InChI=1S/C10H7N5/c11-4-7-2-1-3-8(14-7)9-5-13-6-10(12)15-9/h1-3,5-6H,(H2,12,15). The summed E-state index contributed by atoms with van der Waals surface area (Å²) in [7, 11) is 0. The number of anilines is 1. The van der Waals surface area contributed by atoms with Gasteiger partial charge in [-0.3, -0.25) is 4.98 Å². The van der Waals surface area contributed by atoms with Crippen LogP contribution in [-0.4, -0.2) is 15.0 Å². The van der Waals surface area contributed by atoms with E-state index in [1.807, 2.05) is 6.07 Å². The third kappa shape index (κ3) is 1.89. The third-order valence-corrected chi connectivity index (χ3v) is 1.78. The van der Waals surface area contributed by atoms with E-state index < -0.39 is 0 Å². The lowest BCUT2D eigenvalue weighted by Gasteiger charge is -1.99. The van der Waals surface area contributed by atoms with E-state index in [0.717, 1.165) is 0 Å². The van der Waals surface area contributed by atoms with E-state index in [4.69, 9.17) is 11.0 Å². The molecule has 5 nitrogen and oxygen atoms in total. The molecule has 0 aromatic carbocycles. The van der Waals surface area contributed by atoms with E-state index in [2.05, 4.69) is 15.0 Å². The topological polar surface area (TPSA) is 88.5 Å². The zero-order chi connectivity index (χ0) is 10.7. The summed E-state index contributed by atoms with van der Waals surface area (Å²) in [6, 6.07) is 7.09. The van der Waals surface area contributed by atoms with E-state index in [9.17, 15) is 0 Å². The van der Waals surface area contributed by atoms with Crippen LogP contribution in [0.2, 0.25) is 0 Å². The van der Waals surface area contributed by atoms with Crippen LogP contribution >= 0.6 is 0 Å². The van der Waals surface area contributed by atoms with Gasteiger partial charge in [-0.2, -0.15) is 5.26 Å². The lowest BCUT2D eigenvalue weighted by Crippen LogP contribution is -1.95. The normalized spacial score (nSPS) is 9.53. The first kappa shape index (κ1) is 9.09. The minimum atomic E-state index is 0.330. The molecule has 0 aliphatic rings. The van der Waals surface area contributed by atoms with E-state index in [1.165, 1.54) is 6.20 Å². The number of hydrogen-bond acceptors (Lipinski definition) is 5. The summed E-state index contributed by atoms with van der Waals surface area (Å²) >= 11 is 0. The fraction of sp³-hybridized carbons (Fsp3) is 0. The van der Waals surface area contributed by atoms with Gasteiger partial charge in [-0.1, -0.05) is 6.07 Å². The number of hydrogen-bond donors (Lipinski definition) is 1. The SMILES string of the molecule is N#Cc1cccc(-c2cncc(N)n2)n1. The largest absolute Gasteiger partial charge is 0.382 e. The number of pyridine rings is 1. The molecule has 0 unspecified atom stereocenters. The molecule has 0 saturated carbocycles. The molecule has 0 radical (unpaired) electrons. The fourth-order valence-electron chi connectivity index (χ4n) is 1.14. The second-order valence-corrected chi connectivity index (χ2v) is 2.85. The van der Waals surface area contributed by atoms with Crippen molar-refractivity contribution in [2.24, 2.45) is 0 Å². The van der Waals surface area contributed by atoms with Gasteiger partial charge in [0, 0.05) is 0 Å². The zero-order valence-electron chi connectivity index (χ0n) is 7.75. The Morgan fingerprint density at radius 2 is 2.00 bits per heavy atom. The first-order chi connectivity index (χ1) is 7.29. The summed E-state index contributed by atoms with van der Waals surface area (Å²) in [5.41, 5.74) is 7.00. The lowest BCUT2D eigenvalue weighted by molar-refractivity contribution is 1.17. The quantitative estimate of drug-likeness (QED) is 0.736. The van der Waals surface area contributed by atoms with Crippen LogP contribution in [0.15, 0.2) is 30.6 Å². The Morgan fingerprint density at radius 3 is 2.73 bits per heavy atom. The van der Waals surface area contributed by atoms with Gasteiger partial charge in [-0.25, -0.2) is 9.97 Å². The maximum atomic E-state index is 8.69. The Balaban J connectivity index is 2.50. The van der Waals surface area contributed by atoms with Crippen molar-refractivity contribution >= 4 is 5.82 Å². The molecule has 0 aliphatic heterocycles. The highest BCUT2D eigenvalue weighted by Gasteiger charge is 2.02. The van der Waals surface area contributed by atoms with E-state index in [0.29, 0.717) is 22.9 Å². The maximum absolute atomic E-state index is 8.69. The molecule has 2 heterocycles. The molecule has 2 N–H and O–H groups in total. The first-order valence-electron chi connectivity index (χ1n) is 4.24. The number of nitrogens with two attached hydrogens (primary N) is 1. The van der Waals surface area contributed by atoms with E-state index in [-0.39, 0.29) is 0 Å². The van der Waals surface area contributed by atoms with Gasteiger partial charge in [0.1, 0.15) is 23.3 Å². The van der Waals surface area contributed by atoms with Crippen LogP contribution in [0.1, 0.15) is 5.69 Å². The summed E-state index contributed by atoms with van der Waals surface area (Å²) < 4.78 is 0. The van der Waals surface area contributed by atoms with Gasteiger partial charge in [-0.15, -0.1) is 0 Å². The van der Waals surface area contributed by atoms with Crippen molar-refractivity contribution in [1.29, 1.82) is 5.26 Å². The van der Waals surface area contributed by atoms with Gasteiger partial charge in [0.05, 0.1) is 18.1 Å². The van der Waals surface area contributed by atoms with Crippen LogP contribution < -0.4 is 5.73 Å². The minimum Gasteiger partial charge on any atom is -0.382 e. The molecule has 5 heteroatoms. The summed E-state index contributed by atoms with van der Waals surface area (Å²) in [5.74, 6) is 0.330. The van der Waals surface area contributed by atoms with Crippen molar-refractivity contribution in [3.8, 4) is 17.5 Å². The highest BCUT2D eigenvalue weighted by molar-refractivity contribution is 5.55. The molecule has 2 aromatic heterocycles. The van der Waals surface area contributed by atoms with Gasteiger partial charge in [0.15, 0.2) is 0 Å². The molecule has 0 amide bonds. The molecule has 15 heavy (non-hydrogen) atoms. The van der Waals surface area contributed by atoms with Crippen molar-refractivity contribution in [3.63, 3.8) is 0 Å². The Labute approximate surface area is 86.2 Å². The summed E-state index contributed by atoms with van der Waals surface area (Å²) in [4.78, 5) is 12.1. The number of rotatable bonds is 1. The Hall–Kier alpha value is -2.48. The van der Waals surface area contributed by atoms with Crippen LogP contribution in [0.25, 0.3) is 11.4 Å². The molecule has 0 aliphatic carbocycles. The fourth-order valence-corrected chi connectivity index (χ4v) is 1.14. The molecule has 0 fully saturated rings. The molecule has 2 aromatic rings. The van der Waals surface area contributed by atoms with Gasteiger partial charge in [0.2, 0.25) is 0 Å². The number of nitrogens with zero attached hydrogens (tertiary/aromatic N) is 4. The van der Waals surface area contributed by atoms with Crippen LogP contribution in [0, 0.1) is 11.3 Å². The molecular formula is C10H7N5. The van der Waals surface area contributed by atoms with Gasteiger partial charge in [-0.05, 0) is 12.1 Å². The summed E-state index contributed by atoms with van der Waals surface area (Å²) in [6.45, 7) is 0. The predicted octanol–water partition coefficient (Wildman–Crippen LogP) is 0.992. The smallest absolute Gasteiger partial charge is 0.142 e. The predicted molar refractivity (Wildman–Crippen MR) is 54.4 cm³/mol. The van der Waals surface area contributed by atoms with Crippen molar-refractivity contribution in [2.75, 3.05) is 5.73 Å². The van der Waals surface area contributed by atoms with Gasteiger partial charge >= 0.3 is 0 Å². The van der Waals surface area contributed by atoms with Crippen molar-refractivity contribution < 1.29 is 0 Å². The minimum absolute atomic E-state index is 0.330.